The Hall–Kier alpha value is -1.13. The summed E-state index contributed by atoms with van der Waals surface area (Å²) in [7, 11) is 0. The molecule has 0 bridgehead atoms. The Morgan fingerprint density at radius 2 is 2.20 bits per heavy atom. The summed E-state index contributed by atoms with van der Waals surface area (Å²) >= 11 is 1.54. The number of amides is 1. The van der Waals surface area contributed by atoms with Gasteiger partial charge in [0.15, 0.2) is 0 Å². The molecule has 108 valence electrons. The van der Waals surface area contributed by atoms with Crippen LogP contribution in [0.15, 0.2) is 29.7 Å². The van der Waals surface area contributed by atoms with Gasteiger partial charge in [0.25, 0.3) is 5.91 Å². The van der Waals surface area contributed by atoms with E-state index in [0.717, 1.165) is 37.4 Å². The minimum Gasteiger partial charge on any atom is -0.338 e. The summed E-state index contributed by atoms with van der Waals surface area (Å²) in [5.41, 5.74) is 0. The van der Waals surface area contributed by atoms with Crippen LogP contribution in [0.25, 0.3) is 0 Å². The third kappa shape index (κ3) is 2.67. The van der Waals surface area contributed by atoms with Gasteiger partial charge in [0.1, 0.15) is 0 Å². The van der Waals surface area contributed by atoms with Crippen molar-refractivity contribution in [1.29, 1.82) is 0 Å². The van der Waals surface area contributed by atoms with Crippen molar-refractivity contribution in [1.82, 2.24) is 9.80 Å². The van der Waals surface area contributed by atoms with E-state index in [9.17, 15) is 4.79 Å². The Morgan fingerprint density at radius 3 is 2.85 bits per heavy atom. The highest BCUT2D eigenvalue weighted by Crippen LogP contribution is 2.25. The molecule has 1 aromatic rings. The molecule has 3 heterocycles. The first-order valence-corrected chi connectivity index (χ1v) is 8.42. The topological polar surface area (TPSA) is 23.6 Å². The van der Waals surface area contributed by atoms with E-state index in [1.54, 1.807) is 11.3 Å². The second-order valence-electron chi connectivity index (χ2n) is 5.60. The molecule has 4 heteroatoms. The summed E-state index contributed by atoms with van der Waals surface area (Å²) in [5, 5.41) is 1.97. The summed E-state index contributed by atoms with van der Waals surface area (Å²) < 4.78 is 0. The van der Waals surface area contributed by atoms with E-state index in [0.29, 0.717) is 12.1 Å². The Bertz CT molecular complexity index is 475. The fraction of sp³-hybridized carbons (Fsp3) is 0.562. The SMILES string of the molecule is CCC1C=CCN1C1CCN(C(=O)c2cccs2)CC1. The van der Waals surface area contributed by atoms with E-state index < -0.39 is 0 Å². The first kappa shape index (κ1) is 13.8. The predicted octanol–water partition coefficient (Wildman–Crippen LogP) is 3.00. The van der Waals surface area contributed by atoms with Gasteiger partial charge in [0, 0.05) is 31.7 Å². The van der Waals surface area contributed by atoms with Gasteiger partial charge in [0.05, 0.1) is 4.88 Å². The molecular weight excluding hydrogens is 268 g/mol. The molecule has 0 saturated carbocycles. The zero-order valence-electron chi connectivity index (χ0n) is 12.0. The zero-order valence-corrected chi connectivity index (χ0v) is 12.8. The number of carbonyl (C=O) groups excluding carboxylic acids is 1. The van der Waals surface area contributed by atoms with Crippen molar-refractivity contribution in [3.63, 3.8) is 0 Å². The molecule has 1 aromatic heterocycles. The fourth-order valence-electron chi connectivity index (χ4n) is 3.33. The fourth-order valence-corrected chi connectivity index (χ4v) is 4.02. The molecule has 3 rings (SSSR count). The molecule has 0 aliphatic carbocycles. The van der Waals surface area contributed by atoms with Crippen LogP contribution >= 0.6 is 11.3 Å². The van der Waals surface area contributed by atoms with Crippen LogP contribution in [0, 0.1) is 0 Å². The van der Waals surface area contributed by atoms with Crippen molar-refractivity contribution >= 4 is 17.2 Å². The van der Waals surface area contributed by atoms with Gasteiger partial charge in [-0.3, -0.25) is 9.69 Å². The van der Waals surface area contributed by atoms with E-state index in [2.05, 4.69) is 24.0 Å². The van der Waals surface area contributed by atoms with Gasteiger partial charge in [-0.25, -0.2) is 0 Å². The molecule has 1 amide bonds. The summed E-state index contributed by atoms with van der Waals surface area (Å²) in [6.45, 7) is 5.13. The van der Waals surface area contributed by atoms with Crippen LogP contribution in [0.1, 0.15) is 35.9 Å². The first-order valence-electron chi connectivity index (χ1n) is 7.54. The summed E-state index contributed by atoms with van der Waals surface area (Å²) in [6, 6.07) is 5.13. The lowest BCUT2D eigenvalue weighted by Gasteiger charge is -2.39. The molecule has 0 radical (unpaired) electrons. The van der Waals surface area contributed by atoms with Gasteiger partial charge in [-0.1, -0.05) is 25.1 Å². The van der Waals surface area contributed by atoms with Crippen LogP contribution in [0.2, 0.25) is 0 Å². The number of rotatable bonds is 3. The largest absolute Gasteiger partial charge is 0.338 e. The maximum Gasteiger partial charge on any atom is 0.263 e. The van der Waals surface area contributed by atoms with Gasteiger partial charge in [-0.05, 0) is 30.7 Å². The van der Waals surface area contributed by atoms with Gasteiger partial charge >= 0.3 is 0 Å². The molecule has 1 saturated heterocycles. The van der Waals surface area contributed by atoms with Crippen molar-refractivity contribution in [2.75, 3.05) is 19.6 Å². The minimum atomic E-state index is 0.213. The van der Waals surface area contributed by atoms with Crippen molar-refractivity contribution in [3.8, 4) is 0 Å². The summed E-state index contributed by atoms with van der Waals surface area (Å²) in [4.78, 5) is 17.8. The van der Waals surface area contributed by atoms with E-state index in [1.807, 2.05) is 22.4 Å². The second kappa shape index (κ2) is 6.10. The maximum absolute atomic E-state index is 12.3. The van der Waals surface area contributed by atoms with E-state index in [4.69, 9.17) is 0 Å². The normalized spacial score (nSPS) is 24.4. The van der Waals surface area contributed by atoms with Crippen LogP contribution in [-0.2, 0) is 0 Å². The highest BCUT2D eigenvalue weighted by Gasteiger charge is 2.31. The zero-order chi connectivity index (χ0) is 13.9. The number of hydrogen-bond acceptors (Lipinski definition) is 3. The smallest absolute Gasteiger partial charge is 0.263 e. The van der Waals surface area contributed by atoms with Crippen molar-refractivity contribution in [2.24, 2.45) is 0 Å². The average Bonchev–Trinajstić information content (AvgIpc) is 3.17. The first-order chi connectivity index (χ1) is 9.79. The number of carbonyl (C=O) groups is 1. The highest BCUT2D eigenvalue weighted by molar-refractivity contribution is 7.12. The third-order valence-electron chi connectivity index (χ3n) is 4.47. The second-order valence-corrected chi connectivity index (χ2v) is 6.55. The molecule has 2 aliphatic heterocycles. The summed E-state index contributed by atoms with van der Waals surface area (Å²) in [5.74, 6) is 0.213. The number of nitrogens with zero attached hydrogens (tertiary/aromatic N) is 2. The number of hydrogen-bond donors (Lipinski definition) is 0. The van der Waals surface area contributed by atoms with Gasteiger partial charge in [0.2, 0.25) is 0 Å². The van der Waals surface area contributed by atoms with E-state index in [1.165, 1.54) is 6.42 Å². The van der Waals surface area contributed by atoms with E-state index >= 15 is 0 Å². The Morgan fingerprint density at radius 1 is 1.40 bits per heavy atom. The molecule has 0 N–H and O–H groups in total. The molecule has 0 spiro atoms. The quantitative estimate of drug-likeness (QED) is 0.799. The standard InChI is InChI=1S/C16H22N2OS/c1-2-13-5-3-9-18(13)14-7-10-17(11-8-14)16(19)15-6-4-12-20-15/h3-6,12-14H,2,7-11H2,1H3. The van der Waals surface area contributed by atoms with Crippen molar-refractivity contribution in [2.45, 2.75) is 38.3 Å². The van der Waals surface area contributed by atoms with Crippen LogP contribution in [0.4, 0.5) is 0 Å². The monoisotopic (exact) mass is 290 g/mol. The number of piperidine rings is 1. The van der Waals surface area contributed by atoms with Gasteiger partial charge in [-0.2, -0.15) is 0 Å². The lowest BCUT2D eigenvalue weighted by Crippen LogP contribution is -2.48. The Balaban J connectivity index is 1.56. The molecule has 20 heavy (non-hydrogen) atoms. The molecular formula is C16H22N2OS. The molecule has 1 unspecified atom stereocenters. The third-order valence-corrected chi connectivity index (χ3v) is 5.33. The Kier molecular flexibility index (Phi) is 4.22. The molecule has 1 fully saturated rings. The molecule has 0 aromatic carbocycles. The van der Waals surface area contributed by atoms with Crippen LogP contribution in [0.3, 0.4) is 0 Å². The molecule has 2 aliphatic rings. The van der Waals surface area contributed by atoms with E-state index in [-0.39, 0.29) is 5.91 Å². The number of thiophene rings is 1. The van der Waals surface area contributed by atoms with Gasteiger partial charge in [-0.15, -0.1) is 11.3 Å². The van der Waals surface area contributed by atoms with Crippen molar-refractivity contribution in [3.05, 3.63) is 34.5 Å². The lowest BCUT2D eigenvalue weighted by atomic mass is 10.0. The Labute approximate surface area is 124 Å². The van der Waals surface area contributed by atoms with Crippen LogP contribution in [0.5, 0.6) is 0 Å². The molecule has 3 nitrogen and oxygen atoms in total. The van der Waals surface area contributed by atoms with Crippen LogP contribution < -0.4 is 0 Å². The summed E-state index contributed by atoms with van der Waals surface area (Å²) in [6.07, 6.45) is 8.02. The van der Waals surface area contributed by atoms with Crippen molar-refractivity contribution < 1.29 is 4.79 Å². The number of likely N-dealkylation sites (tertiary alicyclic amines) is 1. The van der Waals surface area contributed by atoms with Gasteiger partial charge < -0.3 is 4.90 Å². The lowest BCUT2D eigenvalue weighted by molar-refractivity contribution is 0.0616. The predicted molar refractivity (Wildman–Crippen MR) is 83.2 cm³/mol. The highest BCUT2D eigenvalue weighted by atomic mass is 32.1. The minimum absolute atomic E-state index is 0.213. The van der Waals surface area contributed by atoms with Crippen LogP contribution in [-0.4, -0.2) is 47.4 Å². The molecule has 1 atom stereocenters. The average molecular weight is 290 g/mol. The maximum atomic E-state index is 12.3.